The summed E-state index contributed by atoms with van der Waals surface area (Å²) in [6.45, 7) is 1.88. The third-order valence-electron chi connectivity index (χ3n) is 10.3. The Balaban J connectivity index is 1.34. The largest absolute Gasteiger partial charge is 0.493 e. The number of carbonyl (C=O) groups excluding carboxylic acids is 1. The summed E-state index contributed by atoms with van der Waals surface area (Å²) in [7, 11) is 7.50. The van der Waals surface area contributed by atoms with Gasteiger partial charge in [-0.05, 0) is 110 Å². The molecule has 1 unspecified atom stereocenters. The summed E-state index contributed by atoms with van der Waals surface area (Å²) in [5.74, 6) is 3.50. The molecular weight excluding hydrogens is 568 g/mol. The van der Waals surface area contributed by atoms with Crippen LogP contribution in [0.4, 0.5) is 0 Å². The predicted octanol–water partition coefficient (Wildman–Crippen LogP) is 5.44. The number of nitrogens with zero attached hydrogens (tertiary/aromatic N) is 2. The Hall–Kier alpha value is -4.27. The van der Waals surface area contributed by atoms with E-state index in [4.69, 9.17) is 23.7 Å². The van der Waals surface area contributed by atoms with Crippen molar-refractivity contribution in [2.75, 3.05) is 48.0 Å². The molecular formula is C37H38N2O6. The molecule has 0 aromatic heterocycles. The number of hydrogen-bond acceptors (Lipinski definition) is 8. The van der Waals surface area contributed by atoms with E-state index in [2.05, 4.69) is 54.2 Å². The van der Waals surface area contributed by atoms with Gasteiger partial charge in [-0.1, -0.05) is 18.2 Å². The minimum atomic E-state index is -1.33. The number of likely N-dealkylation sites (N-methyl/N-ethyl adjacent to an activating group) is 2. The maximum atomic E-state index is 14.4. The Kier molecular flexibility index (Phi) is 6.69. The number of fused-ring (bicyclic) bond motifs is 2. The first kappa shape index (κ1) is 28.2. The van der Waals surface area contributed by atoms with Crippen LogP contribution in [-0.4, -0.2) is 75.2 Å². The summed E-state index contributed by atoms with van der Waals surface area (Å²) in [6.07, 6.45) is 5.09. The first-order valence-electron chi connectivity index (χ1n) is 15.7. The first-order valence-corrected chi connectivity index (χ1v) is 15.7. The zero-order chi connectivity index (χ0) is 30.9. The second-order valence-corrected chi connectivity index (χ2v) is 12.8. The van der Waals surface area contributed by atoms with Crippen LogP contribution in [0.2, 0.25) is 0 Å². The Morgan fingerprint density at radius 2 is 1.58 bits per heavy atom. The lowest BCUT2D eigenvalue weighted by Gasteiger charge is -2.48. The molecule has 8 nitrogen and oxygen atoms in total. The number of Topliss-reactive ketones (excluding diaryl/α,β-unsaturated/α-hetero) is 1. The second-order valence-electron chi connectivity index (χ2n) is 12.8. The van der Waals surface area contributed by atoms with Crippen LogP contribution in [0.3, 0.4) is 0 Å². The van der Waals surface area contributed by atoms with Gasteiger partial charge in [0.1, 0.15) is 12.4 Å². The highest BCUT2D eigenvalue weighted by Crippen LogP contribution is 2.49. The minimum Gasteiger partial charge on any atom is -0.493 e. The molecule has 232 valence electrons. The smallest absolute Gasteiger partial charge is 0.248 e. The number of methoxy groups -OCH3 is 2. The van der Waals surface area contributed by atoms with Gasteiger partial charge in [-0.25, -0.2) is 0 Å². The monoisotopic (exact) mass is 606 g/mol. The molecule has 3 atom stereocenters. The van der Waals surface area contributed by atoms with Crippen molar-refractivity contribution in [1.82, 2.24) is 9.80 Å². The van der Waals surface area contributed by atoms with Gasteiger partial charge in [-0.2, -0.15) is 0 Å². The van der Waals surface area contributed by atoms with Crippen molar-refractivity contribution in [2.45, 2.75) is 43.4 Å². The number of ether oxygens (including phenoxy) is 5. The van der Waals surface area contributed by atoms with Crippen LogP contribution in [-0.2, 0) is 28.8 Å². The van der Waals surface area contributed by atoms with E-state index >= 15 is 0 Å². The molecule has 6 aliphatic rings. The van der Waals surface area contributed by atoms with Crippen molar-refractivity contribution in [2.24, 2.45) is 0 Å². The lowest BCUT2D eigenvalue weighted by Crippen LogP contribution is -2.61. The highest BCUT2D eigenvalue weighted by atomic mass is 16.6. The minimum absolute atomic E-state index is 0.0909. The molecule has 8 heteroatoms. The van der Waals surface area contributed by atoms with Crippen molar-refractivity contribution in [1.29, 1.82) is 0 Å². The number of hydrogen-bond donors (Lipinski definition) is 0. The molecule has 3 aromatic rings. The Bertz CT molecular complexity index is 1760. The number of rotatable bonds is 2. The molecule has 9 rings (SSSR count). The zero-order valence-electron chi connectivity index (χ0n) is 26.2. The quantitative estimate of drug-likeness (QED) is 0.382. The van der Waals surface area contributed by atoms with E-state index in [1.165, 1.54) is 16.7 Å². The van der Waals surface area contributed by atoms with Gasteiger partial charge < -0.3 is 23.7 Å². The van der Waals surface area contributed by atoms with Crippen molar-refractivity contribution in [3.05, 3.63) is 99.8 Å². The second kappa shape index (κ2) is 10.7. The van der Waals surface area contributed by atoms with Gasteiger partial charge in [-0.3, -0.25) is 14.6 Å². The molecule has 0 amide bonds. The maximum absolute atomic E-state index is 14.4. The molecule has 0 N–H and O–H groups in total. The number of ketones is 1. The third-order valence-corrected chi connectivity index (χ3v) is 10.3. The summed E-state index contributed by atoms with van der Waals surface area (Å²) in [5, 5.41) is 0. The fourth-order valence-electron chi connectivity index (χ4n) is 7.78. The summed E-state index contributed by atoms with van der Waals surface area (Å²) in [5.41, 5.74) is 5.44. The fourth-order valence-corrected chi connectivity index (χ4v) is 7.78. The standard InChI is InChI=1S/C37H38N2O6/c1-38-13-11-24-18-31-33-20-27(24)28(38)15-22-5-8-26(9-6-22)44-32-17-23(7-10-30(32)41-3)16-29-35-25(12-14-39(29)2)19-34(42-4)36(40)37(35,45-33)21-43-31/h5-10,17-20,28-29H,11-16,21H2,1-4H3/t28-,29+,37?/m0/s1. The van der Waals surface area contributed by atoms with Gasteiger partial charge >= 0.3 is 0 Å². The van der Waals surface area contributed by atoms with Crippen LogP contribution in [0.15, 0.2) is 77.6 Å². The number of allylic oxidation sites excluding steroid dienone is 1. The third kappa shape index (κ3) is 4.53. The number of benzene rings is 3. The lowest BCUT2D eigenvalue weighted by atomic mass is 9.72. The zero-order valence-corrected chi connectivity index (χ0v) is 26.2. The summed E-state index contributed by atoms with van der Waals surface area (Å²) < 4.78 is 31.4. The number of carbonyl (C=O) groups is 1. The Morgan fingerprint density at radius 1 is 0.822 bits per heavy atom. The van der Waals surface area contributed by atoms with Gasteiger partial charge in [0.25, 0.3) is 0 Å². The summed E-state index contributed by atoms with van der Waals surface area (Å²) in [6, 6.07) is 18.7. The van der Waals surface area contributed by atoms with Crippen LogP contribution < -0.4 is 18.9 Å². The van der Waals surface area contributed by atoms with Crippen molar-refractivity contribution < 1.29 is 28.5 Å². The fraction of sp³-hybridized carbons (Fsp3) is 0.378. The Morgan fingerprint density at radius 3 is 2.38 bits per heavy atom. The van der Waals surface area contributed by atoms with Gasteiger partial charge in [0.05, 0.1) is 14.2 Å². The predicted molar refractivity (Wildman–Crippen MR) is 169 cm³/mol. The molecule has 1 spiro atoms. The van der Waals surface area contributed by atoms with Gasteiger partial charge in [-0.15, -0.1) is 0 Å². The van der Waals surface area contributed by atoms with Crippen LogP contribution in [0.25, 0.3) is 0 Å². The Labute approximate surface area is 263 Å². The molecule has 45 heavy (non-hydrogen) atoms. The van der Waals surface area contributed by atoms with Gasteiger partial charge in [0.15, 0.2) is 28.8 Å². The van der Waals surface area contributed by atoms with E-state index in [-0.39, 0.29) is 24.5 Å². The molecule has 0 radical (unpaired) electrons. The van der Waals surface area contributed by atoms with Crippen LogP contribution >= 0.6 is 0 Å². The summed E-state index contributed by atoms with van der Waals surface area (Å²) in [4.78, 5) is 19.1. The maximum Gasteiger partial charge on any atom is 0.248 e. The molecule has 0 saturated heterocycles. The SMILES string of the molecule is COC1=CC2=C3[C@@H](Cc4ccc(OC)c(c4)Oc4ccc(cc4)C[C@H]4c5cc6c(cc5CCN4C)OCC3(O6)C1=O)N(C)CC2. The molecule has 3 aromatic carbocycles. The molecule has 0 fully saturated rings. The first-order chi connectivity index (χ1) is 21.9. The lowest BCUT2D eigenvalue weighted by molar-refractivity contribution is -0.136. The van der Waals surface area contributed by atoms with Crippen molar-refractivity contribution in [3.63, 3.8) is 0 Å². The van der Waals surface area contributed by atoms with Crippen molar-refractivity contribution in [3.8, 4) is 28.7 Å². The average molecular weight is 607 g/mol. The highest BCUT2D eigenvalue weighted by Gasteiger charge is 2.56. The normalized spacial score (nSPS) is 25.7. The van der Waals surface area contributed by atoms with E-state index in [1.54, 1.807) is 14.2 Å². The van der Waals surface area contributed by atoms with E-state index < -0.39 is 5.60 Å². The van der Waals surface area contributed by atoms with Crippen molar-refractivity contribution >= 4 is 5.78 Å². The van der Waals surface area contributed by atoms with Gasteiger partial charge in [0, 0.05) is 30.7 Å². The van der Waals surface area contributed by atoms with Crippen LogP contribution in [0, 0.1) is 0 Å². The molecule has 5 aliphatic heterocycles. The van der Waals surface area contributed by atoms with E-state index in [1.807, 2.05) is 30.3 Å². The van der Waals surface area contributed by atoms with Crippen LogP contribution in [0.1, 0.15) is 34.7 Å². The molecule has 0 saturated carbocycles. The van der Waals surface area contributed by atoms with E-state index in [9.17, 15) is 4.79 Å². The van der Waals surface area contributed by atoms with Crippen LogP contribution in [0.5, 0.6) is 28.7 Å². The summed E-state index contributed by atoms with van der Waals surface area (Å²) >= 11 is 0. The molecule has 7 bridgehead atoms. The average Bonchev–Trinajstić information content (AvgIpc) is 3.05. The molecule has 5 heterocycles. The highest BCUT2D eigenvalue weighted by molar-refractivity contribution is 6.05. The van der Waals surface area contributed by atoms with E-state index in [0.717, 1.165) is 54.8 Å². The van der Waals surface area contributed by atoms with Gasteiger partial charge in [0.2, 0.25) is 11.4 Å². The molecule has 1 aliphatic carbocycles. The van der Waals surface area contributed by atoms with E-state index in [0.29, 0.717) is 35.2 Å². The topological polar surface area (TPSA) is 69.7 Å².